The van der Waals surface area contributed by atoms with Crippen LogP contribution in [0.1, 0.15) is 71.6 Å². The molecule has 0 heterocycles. The van der Waals surface area contributed by atoms with Gasteiger partial charge in [-0.05, 0) is 69.6 Å². The largest absolute Gasteiger partial charge is 0.298 e. The smallest absolute Gasteiger partial charge is 0.145 e. The summed E-state index contributed by atoms with van der Waals surface area (Å²) < 4.78 is 0. The minimum atomic E-state index is 0.160. The van der Waals surface area contributed by atoms with Crippen molar-refractivity contribution in [2.75, 3.05) is 0 Å². The molecule has 2 spiro atoms. The van der Waals surface area contributed by atoms with Gasteiger partial charge >= 0.3 is 0 Å². The van der Waals surface area contributed by atoms with E-state index in [1.165, 1.54) is 57.8 Å². The fourth-order valence-electron chi connectivity index (χ4n) is 4.70. The second-order valence-electron chi connectivity index (χ2n) is 7.43. The van der Waals surface area contributed by atoms with Crippen LogP contribution < -0.4 is 0 Å². The Labute approximate surface area is 105 Å². The van der Waals surface area contributed by atoms with Crippen LogP contribution in [0.5, 0.6) is 0 Å². The van der Waals surface area contributed by atoms with Gasteiger partial charge in [0.2, 0.25) is 0 Å². The molecule has 0 radical (unpaired) electrons. The molecule has 0 aromatic rings. The molecule has 0 aromatic heterocycles. The number of carbonyl (C=O) groups excluding carboxylic acids is 1. The first-order valence-corrected chi connectivity index (χ1v) is 7.61. The highest BCUT2D eigenvalue weighted by atomic mass is 16.1. The number of rotatable bonds is 0. The molecule has 0 aromatic carbocycles. The Balaban J connectivity index is 1.68. The molecule has 0 amide bonds. The van der Waals surface area contributed by atoms with Crippen LogP contribution >= 0.6 is 0 Å². The summed E-state index contributed by atoms with van der Waals surface area (Å²) in [5, 5.41) is 0. The van der Waals surface area contributed by atoms with Crippen molar-refractivity contribution >= 4 is 5.78 Å². The Morgan fingerprint density at radius 2 is 1.18 bits per heavy atom. The van der Waals surface area contributed by atoms with Gasteiger partial charge in [-0.2, -0.15) is 0 Å². The number of Topliss-reactive ketones (excluding diaryl/α,β-unsaturated/α-hetero) is 1. The second kappa shape index (κ2) is 3.83. The zero-order chi connectivity index (χ0) is 12.1. The molecule has 17 heavy (non-hydrogen) atoms. The molecule has 0 unspecified atom stereocenters. The van der Waals surface area contributed by atoms with Crippen molar-refractivity contribution in [3.05, 3.63) is 0 Å². The first-order chi connectivity index (χ1) is 8.06. The van der Waals surface area contributed by atoms with Crippen molar-refractivity contribution in [1.29, 1.82) is 0 Å². The lowest BCUT2D eigenvalue weighted by Gasteiger charge is -2.59. The van der Waals surface area contributed by atoms with Gasteiger partial charge in [-0.25, -0.2) is 0 Å². The van der Waals surface area contributed by atoms with E-state index in [4.69, 9.17) is 0 Å². The first kappa shape index (κ1) is 11.7. The summed E-state index contributed by atoms with van der Waals surface area (Å²) in [6, 6.07) is 0. The maximum absolute atomic E-state index is 12.7. The third-order valence-corrected chi connectivity index (χ3v) is 6.10. The Hall–Kier alpha value is -0.330. The zero-order valence-electron chi connectivity index (χ0n) is 11.4. The van der Waals surface area contributed by atoms with Crippen LogP contribution in [0.2, 0.25) is 0 Å². The van der Waals surface area contributed by atoms with Gasteiger partial charge in [0.05, 0.1) is 0 Å². The van der Waals surface area contributed by atoms with Crippen molar-refractivity contribution in [2.24, 2.45) is 22.7 Å². The highest BCUT2D eigenvalue weighted by Gasteiger charge is 2.62. The van der Waals surface area contributed by atoms with Gasteiger partial charge in [0.1, 0.15) is 5.78 Å². The fourth-order valence-corrected chi connectivity index (χ4v) is 4.70. The molecular weight excluding hydrogens is 208 g/mol. The van der Waals surface area contributed by atoms with Crippen LogP contribution in [0.4, 0.5) is 0 Å². The molecule has 0 saturated heterocycles. The van der Waals surface area contributed by atoms with E-state index in [0.717, 1.165) is 11.8 Å². The molecule has 0 aliphatic heterocycles. The third kappa shape index (κ3) is 1.69. The first-order valence-electron chi connectivity index (χ1n) is 7.61. The Morgan fingerprint density at radius 3 is 1.47 bits per heavy atom. The van der Waals surface area contributed by atoms with Crippen LogP contribution in [-0.4, -0.2) is 5.78 Å². The maximum Gasteiger partial charge on any atom is 0.145 e. The lowest BCUT2D eigenvalue weighted by atomic mass is 9.43. The summed E-state index contributed by atoms with van der Waals surface area (Å²) >= 11 is 0. The minimum Gasteiger partial charge on any atom is -0.298 e. The lowest BCUT2D eigenvalue weighted by molar-refractivity contribution is -0.168. The lowest BCUT2D eigenvalue weighted by Crippen LogP contribution is -2.59. The highest BCUT2D eigenvalue weighted by molar-refractivity contribution is 5.96. The van der Waals surface area contributed by atoms with Crippen molar-refractivity contribution in [1.82, 2.24) is 0 Å². The molecule has 3 fully saturated rings. The standard InChI is InChI=1S/C16H26O/c1-12-3-7-15(8-4-12)11-16(14(15)17)9-5-13(2)6-10-16/h12-13H,3-11H2,1-2H3. The molecular formula is C16H26O. The normalized spacial score (nSPS) is 50.6. The maximum atomic E-state index is 12.7. The number of hydrogen-bond donors (Lipinski definition) is 0. The van der Waals surface area contributed by atoms with Gasteiger partial charge in [0.25, 0.3) is 0 Å². The van der Waals surface area contributed by atoms with Gasteiger partial charge in [-0.15, -0.1) is 0 Å². The van der Waals surface area contributed by atoms with Gasteiger partial charge in [-0.3, -0.25) is 4.79 Å². The SMILES string of the molecule is CC1CCC2(CC1)CC1(CCC(C)CC1)C2=O. The summed E-state index contributed by atoms with van der Waals surface area (Å²) in [5.41, 5.74) is 0.320. The molecule has 0 N–H and O–H groups in total. The number of ketones is 1. The van der Waals surface area contributed by atoms with Crippen LogP contribution in [0, 0.1) is 22.7 Å². The average Bonchev–Trinajstić information content (AvgIpc) is 2.35. The third-order valence-electron chi connectivity index (χ3n) is 6.10. The number of hydrogen-bond acceptors (Lipinski definition) is 1. The summed E-state index contributed by atoms with van der Waals surface area (Å²) in [7, 11) is 0. The minimum absolute atomic E-state index is 0.160. The molecule has 3 saturated carbocycles. The zero-order valence-corrected chi connectivity index (χ0v) is 11.4. The second-order valence-corrected chi connectivity index (χ2v) is 7.43. The van der Waals surface area contributed by atoms with E-state index >= 15 is 0 Å². The summed E-state index contributed by atoms with van der Waals surface area (Å²) in [5.74, 6) is 2.40. The van der Waals surface area contributed by atoms with Gasteiger partial charge in [0.15, 0.2) is 0 Å². The molecule has 96 valence electrons. The van der Waals surface area contributed by atoms with Gasteiger partial charge < -0.3 is 0 Å². The molecule has 1 nitrogen and oxygen atoms in total. The van der Waals surface area contributed by atoms with E-state index in [2.05, 4.69) is 13.8 Å². The van der Waals surface area contributed by atoms with Gasteiger partial charge in [-0.1, -0.05) is 13.8 Å². The quantitative estimate of drug-likeness (QED) is 0.609. The van der Waals surface area contributed by atoms with Crippen molar-refractivity contribution in [3.63, 3.8) is 0 Å². The van der Waals surface area contributed by atoms with E-state index in [1.54, 1.807) is 0 Å². The van der Waals surface area contributed by atoms with E-state index in [-0.39, 0.29) is 10.8 Å². The average molecular weight is 234 g/mol. The predicted molar refractivity (Wildman–Crippen MR) is 69.8 cm³/mol. The number of carbonyl (C=O) groups is 1. The molecule has 3 rings (SSSR count). The van der Waals surface area contributed by atoms with E-state index in [1.807, 2.05) is 0 Å². The fraction of sp³-hybridized carbons (Fsp3) is 0.938. The topological polar surface area (TPSA) is 17.1 Å². The van der Waals surface area contributed by atoms with Crippen molar-refractivity contribution < 1.29 is 4.79 Å². The summed E-state index contributed by atoms with van der Waals surface area (Å²) in [6.45, 7) is 4.68. The van der Waals surface area contributed by atoms with E-state index < -0.39 is 0 Å². The van der Waals surface area contributed by atoms with Crippen LogP contribution in [0.15, 0.2) is 0 Å². The molecule has 3 aliphatic rings. The Kier molecular flexibility index (Phi) is 2.65. The predicted octanol–water partition coefficient (Wildman–Crippen LogP) is 4.35. The van der Waals surface area contributed by atoms with Crippen LogP contribution in [0.25, 0.3) is 0 Å². The molecule has 3 aliphatic carbocycles. The monoisotopic (exact) mass is 234 g/mol. The summed E-state index contributed by atoms with van der Waals surface area (Å²) in [6.07, 6.45) is 11.2. The van der Waals surface area contributed by atoms with Crippen LogP contribution in [0.3, 0.4) is 0 Å². The van der Waals surface area contributed by atoms with Crippen molar-refractivity contribution in [2.45, 2.75) is 71.6 Å². The summed E-state index contributed by atoms with van der Waals surface area (Å²) in [4.78, 5) is 12.7. The van der Waals surface area contributed by atoms with E-state index in [0.29, 0.717) is 5.78 Å². The Morgan fingerprint density at radius 1 is 0.824 bits per heavy atom. The molecule has 1 heteroatoms. The highest BCUT2D eigenvalue weighted by Crippen LogP contribution is 2.63. The molecule has 0 bridgehead atoms. The van der Waals surface area contributed by atoms with Crippen LogP contribution in [-0.2, 0) is 4.79 Å². The Bertz CT molecular complexity index is 284. The van der Waals surface area contributed by atoms with E-state index in [9.17, 15) is 4.79 Å². The van der Waals surface area contributed by atoms with Crippen molar-refractivity contribution in [3.8, 4) is 0 Å². The molecule has 0 atom stereocenters. The van der Waals surface area contributed by atoms with Gasteiger partial charge in [0, 0.05) is 10.8 Å².